The monoisotopic (exact) mass is 261 g/mol. The molecule has 0 aliphatic heterocycles. The average molecular weight is 261 g/mol. The summed E-state index contributed by atoms with van der Waals surface area (Å²) in [6, 6.07) is -0.0835. The quantitative estimate of drug-likeness (QED) is 0.223. The van der Waals surface area contributed by atoms with Gasteiger partial charge in [0.25, 0.3) is 5.91 Å². The number of oxime groups is 2. The fourth-order valence-electron chi connectivity index (χ4n) is 0.974. The molecule has 0 radical (unpaired) electrons. The van der Waals surface area contributed by atoms with Crippen LogP contribution in [0.5, 0.6) is 0 Å². The molecule has 0 heterocycles. The Hall–Kier alpha value is -1.24. The summed E-state index contributed by atoms with van der Waals surface area (Å²) >= 11 is 1.18. The second kappa shape index (κ2) is 8.86. The van der Waals surface area contributed by atoms with Crippen molar-refractivity contribution in [2.24, 2.45) is 10.3 Å². The second-order valence-electron chi connectivity index (χ2n) is 3.68. The van der Waals surface area contributed by atoms with Crippen molar-refractivity contribution in [3.8, 4) is 0 Å². The molecule has 98 valence electrons. The van der Waals surface area contributed by atoms with Gasteiger partial charge in [-0.05, 0) is 26.0 Å². The molecule has 17 heavy (non-hydrogen) atoms. The van der Waals surface area contributed by atoms with Gasteiger partial charge in [0.2, 0.25) is 5.71 Å². The topological polar surface area (TPSA) is 94.3 Å². The van der Waals surface area contributed by atoms with Crippen LogP contribution in [0.4, 0.5) is 0 Å². The first kappa shape index (κ1) is 15.8. The highest BCUT2D eigenvalue weighted by Crippen LogP contribution is 2.09. The number of hydrogen-bond acceptors (Lipinski definition) is 6. The average Bonchev–Trinajstić information content (AvgIpc) is 2.27. The van der Waals surface area contributed by atoms with Gasteiger partial charge in [0.1, 0.15) is 0 Å². The number of hydrogen-bond donors (Lipinski definition) is 3. The molecule has 0 aliphatic carbocycles. The first-order valence-electron chi connectivity index (χ1n) is 5.44. The number of nitrogens with zero attached hydrogens (tertiary/aromatic N) is 2. The Morgan fingerprint density at radius 2 is 2.00 bits per heavy atom. The van der Waals surface area contributed by atoms with E-state index in [2.05, 4.69) is 15.6 Å². The molecule has 0 atom stereocenters. The molecule has 0 rings (SSSR count). The van der Waals surface area contributed by atoms with Crippen LogP contribution in [0.25, 0.3) is 0 Å². The van der Waals surface area contributed by atoms with Crippen molar-refractivity contribution in [1.29, 1.82) is 0 Å². The fourth-order valence-corrected chi connectivity index (χ4v) is 1.93. The van der Waals surface area contributed by atoms with Crippen LogP contribution >= 0.6 is 11.8 Å². The summed E-state index contributed by atoms with van der Waals surface area (Å²) in [5.74, 6) is 0.142. The fraction of sp³-hybridized carbons (Fsp3) is 0.700. The van der Waals surface area contributed by atoms with Gasteiger partial charge in [-0.3, -0.25) is 4.79 Å². The molecule has 0 unspecified atom stereocenters. The van der Waals surface area contributed by atoms with E-state index in [1.54, 1.807) is 13.8 Å². The van der Waals surface area contributed by atoms with Gasteiger partial charge in [-0.1, -0.05) is 23.7 Å². The molecule has 0 fully saturated rings. The van der Waals surface area contributed by atoms with Crippen LogP contribution in [0.2, 0.25) is 0 Å². The minimum absolute atomic E-state index is 0.0269. The Labute approximate surface area is 105 Å². The summed E-state index contributed by atoms with van der Waals surface area (Å²) in [7, 11) is 0. The third-order valence-electron chi connectivity index (χ3n) is 1.76. The number of nitrogens with one attached hydrogen (secondary N) is 1. The summed E-state index contributed by atoms with van der Waals surface area (Å²) in [4.78, 5) is 11.6. The molecular weight excluding hydrogens is 242 g/mol. The summed E-state index contributed by atoms with van der Waals surface area (Å²) in [5.41, 5.74) is -0.262. The summed E-state index contributed by atoms with van der Waals surface area (Å²) in [6.07, 6.45) is 1.92. The lowest BCUT2D eigenvalue weighted by Crippen LogP contribution is -2.39. The first-order chi connectivity index (χ1) is 8.06. The van der Waals surface area contributed by atoms with Crippen molar-refractivity contribution in [1.82, 2.24) is 5.32 Å². The van der Waals surface area contributed by atoms with Crippen molar-refractivity contribution in [2.45, 2.75) is 39.7 Å². The van der Waals surface area contributed by atoms with Crippen LogP contribution in [-0.4, -0.2) is 38.9 Å². The van der Waals surface area contributed by atoms with Crippen molar-refractivity contribution < 1.29 is 15.2 Å². The van der Waals surface area contributed by atoms with E-state index in [1.165, 1.54) is 11.8 Å². The minimum atomic E-state index is -0.556. The van der Waals surface area contributed by atoms with E-state index in [0.717, 1.165) is 12.8 Å². The van der Waals surface area contributed by atoms with Crippen molar-refractivity contribution in [3.05, 3.63) is 0 Å². The van der Waals surface area contributed by atoms with Gasteiger partial charge >= 0.3 is 0 Å². The van der Waals surface area contributed by atoms with Crippen LogP contribution in [-0.2, 0) is 4.79 Å². The Morgan fingerprint density at radius 1 is 1.35 bits per heavy atom. The van der Waals surface area contributed by atoms with Crippen molar-refractivity contribution >= 4 is 28.4 Å². The lowest BCUT2D eigenvalue weighted by atomic mass is 10.3. The summed E-state index contributed by atoms with van der Waals surface area (Å²) in [5, 5.41) is 26.1. The van der Waals surface area contributed by atoms with Gasteiger partial charge in [0, 0.05) is 6.04 Å². The van der Waals surface area contributed by atoms with Crippen LogP contribution < -0.4 is 5.32 Å². The molecular formula is C10H19N3O3S. The molecule has 3 N–H and O–H groups in total. The zero-order valence-corrected chi connectivity index (χ0v) is 11.1. The second-order valence-corrected chi connectivity index (χ2v) is 4.77. The molecule has 1 amide bonds. The lowest BCUT2D eigenvalue weighted by molar-refractivity contribution is -0.115. The Balaban J connectivity index is 4.56. The lowest BCUT2D eigenvalue weighted by Gasteiger charge is -2.09. The van der Waals surface area contributed by atoms with E-state index >= 15 is 0 Å². The van der Waals surface area contributed by atoms with Gasteiger partial charge in [0.15, 0.2) is 5.04 Å². The van der Waals surface area contributed by atoms with E-state index in [9.17, 15) is 4.79 Å². The molecule has 0 spiro atoms. The van der Waals surface area contributed by atoms with E-state index in [4.69, 9.17) is 10.4 Å². The highest BCUT2D eigenvalue weighted by atomic mass is 32.2. The maximum atomic E-state index is 11.6. The van der Waals surface area contributed by atoms with E-state index in [1.807, 2.05) is 6.92 Å². The number of carbonyl (C=O) groups is 1. The number of amides is 1. The van der Waals surface area contributed by atoms with Crippen molar-refractivity contribution in [2.75, 3.05) is 5.75 Å². The number of thioether (sulfide) groups is 1. The summed E-state index contributed by atoms with van der Waals surface area (Å²) < 4.78 is 0. The predicted octanol–water partition coefficient (Wildman–Crippen LogP) is 1.66. The molecule has 0 aromatic heterocycles. The molecule has 6 nitrogen and oxygen atoms in total. The summed E-state index contributed by atoms with van der Waals surface area (Å²) in [6.45, 7) is 5.60. The highest BCUT2D eigenvalue weighted by Gasteiger charge is 2.20. The zero-order valence-electron chi connectivity index (χ0n) is 10.3. The first-order valence-corrected chi connectivity index (χ1v) is 6.43. The van der Waals surface area contributed by atoms with Gasteiger partial charge in [-0.25, -0.2) is 0 Å². The largest absolute Gasteiger partial charge is 0.410 e. The molecule has 0 saturated heterocycles. The van der Waals surface area contributed by atoms with E-state index < -0.39 is 5.91 Å². The van der Waals surface area contributed by atoms with Crippen LogP contribution in [0.1, 0.15) is 33.6 Å². The standard InChI is InChI=1S/C10H19N3O3S/c1-4-5-6-17-10(13-16)8(12-15)9(14)11-7(2)3/h7,15-16H,4-6H2,1-3H3,(H,11,14). The van der Waals surface area contributed by atoms with Crippen LogP contribution in [0.15, 0.2) is 10.3 Å². The minimum Gasteiger partial charge on any atom is -0.410 e. The van der Waals surface area contributed by atoms with Crippen molar-refractivity contribution in [3.63, 3.8) is 0 Å². The van der Waals surface area contributed by atoms with E-state index in [-0.39, 0.29) is 16.8 Å². The smallest absolute Gasteiger partial charge is 0.276 e. The van der Waals surface area contributed by atoms with Gasteiger partial charge in [-0.2, -0.15) is 0 Å². The SMILES string of the molecule is CCCCSC(=NO)C(=NO)C(=O)NC(C)C. The highest BCUT2D eigenvalue weighted by molar-refractivity contribution is 8.16. The molecule has 0 aromatic carbocycles. The molecule has 0 aliphatic rings. The normalized spacial score (nSPS) is 12.9. The molecule has 7 heteroatoms. The molecule has 0 bridgehead atoms. The van der Waals surface area contributed by atoms with Gasteiger partial charge in [-0.15, -0.1) is 11.8 Å². The maximum absolute atomic E-state index is 11.6. The Morgan fingerprint density at radius 3 is 2.41 bits per heavy atom. The predicted molar refractivity (Wildman–Crippen MR) is 69.1 cm³/mol. The Bertz CT molecular complexity index is 303. The molecule has 0 saturated carbocycles. The third-order valence-corrected chi connectivity index (χ3v) is 2.81. The Kier molecular flexibility index (Phi) is 8.21. The number of carbonyl (C=O) groups excluding carboxylic acids is 1. The third kappa shape index (κ3) is 6.15. The zero-order chi connectivity index (χ0) is 13.3. The van der Waals surface area contributed by atoms with Gasteiger partial charge < -0.3 is 15.7 Å². The van der Waals surface area contributed by atoms with Gasteiger partial charge in [0.05, 0.1) is 0 Å². The van der Waals surface area contributed by atoms with E-state index in [0.29, 0.717) is 5.75 Å². The maximum Gasteiger partial charge on any atom is 0.276 e. The molecule has 0 aromatic rings. The van der Waals surface area contributed by atoms with Crippen LogP contribution in [0, 0.1) is 0 Å². The number of rotatable bonds is 6. The van der Waals surface area contributed by atoms with Crippen LogP contribution in [0.3, 0.4) is 0 Å². The number of unbranched alkanes of at least 4 members (excludes halogenated alkanes) is 1.